The summed E-state index contributed by atoms with van der Waals surface area (Å²) in [4.78, 5) is 21.5. The Hall–Kier alpha value is -2.54. The first kappa shape index (κ1) is 22.5. The number of aromatic nitrogens is 1. The summed E-state index contributed by atoms with van der Waals surface area (Å²) in [7, 11) is 0. The highest BCUT2D eigenvalue weighted by Crippen LogP contribution is 2.26. The van der Waals surface area contributed by atoms with E-state index >= 15 is 0 Å². The Balaban J connectivity index is 0.000000445. The van der Waals surface area contributed by atoms with Crippen molar-refractivity contribution in [3.8, 4) is 5.75 Å². The van der Waals surface area contributed by atoms with E-state index in [9.17, 15) is 9.59 Å². The molecule has 1 aromatic heterocycles. The summed E-state index contributed by atoms with van der Waals surface area (Å²) < 4.78 is 16.9. The molecule has 150 valence electrons. The number of carbonyl (C=O) groups is 2. The van der Waals surface area contributed by atoms with Gasteiger partial charge in [0.1, 0.15) is 12.4 Å². The van der Waals surface area contributed by atoms with Crippen LogP contribution in [0.4, 0.5) is 0 Å². The van der Waals surface area contributed by atoms with Gasteiger partial charge in [-0.05, 0) is 38.0 Å². The van der Waals surface area contributed by atoms with Crippen LogP contribution in [0.15, 0.2) is 24.4 Å². The first-order valence-electron chi connectivity index (χ1n) is 9.07. The predicted molar refractivity (Wildman–Crippen MR) is 103 cm³/mol. The van der Waals surface area contributed by atoms with E-state index in [0.29, 0.717) is 36.9 Å². The van der Waals surface area contributed by atoms with Crippen molar-refractivity contribution in [1.82, 2.24) is 4.57 Å². The van der Waals surface area contributed by atoms with Gasteiger partial charge in [0.05, 0.1) is 25.4 Å². The standard InChI is InChI=1S/C15H19NO4.C5H10O2/c1-3-16-10-13(15(18)19-4-2)12-9-11(20-8-7-17)5-6-14(12)16;1-5(2)3-7-4-6/h5-6,9-10,17H,3-4,7-8H2,1-2H3;4-5H,3H2,1-2H3. The Morgan fingerprint density at radius 1 is 1.30 bits per heavy atom. The Bertz CT molecular complexity index is 723. The molecular formula is C20H29NO6. The number of aryl methyl sites for hydroxylation is 1. The van der Waals surface area contributed by atoms with Crippen molar-refractivity contribution in [1.29, 1.82) is 0 Å². The highest BCUT2D eigenvalue weighted by molar-refractivity contribution is 6.04. The van der Waals surface area contributed by atoms with Crippen molar-refractivity contribution in [3.05, 3.63) is 30.0 Å². The Morgan fingerprint density at radius 2 is 2.04 bits per heavy atom. The summed E-state index contributed by atoms with van der Waals surface area (Å²) in [5.74, 6) is 0.750. The van der Waals surface area contributed by atoms with E-state index in [1.165, 1.54) is 0 Å². The maximum Gasteiger partial charge on any atom is 0.340 e. The minimum atomic E-state index is -0.330. The zero-order chi connectivity index (χ0) is 20.2. The first-order valence-corrected chi connectivity index (χ1v) is 9.07. The number of esters is 1. The number of carbonyl (C=O) groups excluding carboxylic acids is 2. The van der Waals surface area contributed by atoms with Crippen LogP contribution < -0.4 is 4.74 Å². The van der Waals surface area contributed by atoms with Crippen LogP contribution in [0.3, 0.4) is 0 Å². The van der Waals surface area contributed by atoms with Crippen molar-refractivity contribution in [3.63, 3.8) is 0 Å². The fourth-order valence-corrected chi connectivity index (χ4v) is 2.39. The Labute approximate surface area is 159 Å². The summed E-state index contributed by atoms with van der Waals surface area (Å²) in [5, 5.41) is 9.60. The lowest BCUT2D eigenvalue weighted by Gasteiger charge is -2.05. The van der Waals surface area contributed by atoms with Gasteiger partial charge in [0.2, 0.25) is 0 Å². The molecule has 7 heteroatoms. The lowest BCUT2D eigenvalue weighted by molar-refractivity contribution is -0.129. The molecule has 0 amide bonds. The zero-order valence-electron chi connectivity index (χ0n) is 16.4. The van der Waals surface area contributed by atoms with Gasteiger partial charge in [-0.2, -0.15) is 0 Å². The monoisotopic (exact) mass is 379 g/mol. The topological polar surface area (TPSA) is 87.0 Å². The quantitative estimate of drug-likeness (QED) is 0.532. The molecule has 0 radical (unpaired) electrons. The van der Waals surface area contributed by atoms with Gasteiger partial charge in [-0.1, -0.05) is 13.8 Å². The second-order valence-electron chi connectivity index (χ2n) is 6.12. The van der Waals surface area contributed by atoms with Gasteiger partial charge >= 0.3 is 5.97 Å². The average molecular weight is 379 g/mol. The van der Waals surface area contributed by atoms with Gasteiger partial charge in [0, 0.05) is 23.6 Å². The molecule has 0 fully saturated rings. The molecule has 0 aliphatic carbocycles. The average Bonchev–Trinajstić information content (AvgIpc) is 3.03. The van der Waals surface area contributed by atoms with E-state index < -0.39 is 0 Å². The van der Waals surface area contributed by atoms with Crippen LogP contribution >= 0.6 is 0 Å². The summed E-state index contributed by atoms with van der Waals surface area (Å²) >= 11 is 0. The van der Waals surface area contributed by atoms with E-state index in [0.717, 1.165) is 17.4 Å². The molecule has 0 bridgehead atoms. The summed E-state index contributed by atoms with van der Waals surface area (Å²) in [5.41, 5.74) is 1.50. The maximum atomic E-state index is 12.0. The van der Waals surface area contributed by atoms with Crippen LogP contribution in [-0.4, -0.2) is 48.5 Å². The van der Waals surface area contributed by atoms with Crippen LogP contribution in [0.1, 0.15) is 38.1 Å². The van der Waals surface area contributed by atoms with Crippen LogP contribution in [0.5, 0.6) is 5.75 Å². The number of rotatable bonds is 9. The number of hydrogen-bond donors (Lipinski definition) is 1. The smallest absolute Gasteiger partial charge is 0.340 e. The van der Waals surface area contributed by atoms with E-state index in [-0.39, 0.29) is 19.2 Å². The fourth-order valence-electron chi connectivity index (χ4n) is 2.39. The molecule has 1 N–H and O–H groups in total. The molecule has 0 aliphatic rings. The molecule has 0 spiro atoms. The van der Waals surface area contributed by atoms with Crippen molar-refractivity contribution >= 4 is 23.3 Å². The molecule has 2 rings (SSSR count). The summed E-state index contributed by atoms with van der Waals surface area (Å²) in [6.07, 6.45) is 1.80. The summed E-state index contributed by atoms with van der Waals surface area (Å²) in [6.45, 7) is 10.1. The second kappa shape index (κ2) is 12.0. The molecule has 0 aliphatic heterocycles. The molecule has 2 aromatic rings. The van der Waals surface area contributed by atoms with Crippen LogP contribution in [0, 0.1) is 5.92 Å². The third-order valence-corrected chi connectivity index (χ3v) is 3.55. The molecule has 0 unspecified atom stereocenters. The Kier molecular flexibility index (Phi) is 9.96. The van der Waals surface area contributed by atoms with Gasteiger partial charge in [-0.15, -0.1) is 0 Å². The molecule has 7 nitrogen and oxygen atoms in total. The molecule has 1 heterocycles. The minimum Gasteiger partial charge on any atom is -0.491 e. The van der Waals surface area contributed by atoms with Crippen molar-refractivity contribution < 1.29 is 28.9 Å². The normalized spacial score (nSPS) is 10.3. The number of nitrogens with zero attached hydrogens (tertiary/aromatic N) is 1. The maximum absolute atomic E-state index is 12.0. The van der Waals surface area contributed by atoms with Gasteiger partial charge < -0.3 is 23.9 Å². The fraction of sp³-hybridized carbons (Fsp3) is 0.500. The minimum absolute atomic E-state index is 0.0429. The highest BCUT2D eigenvalue weighted by atomic mass is 16.5. The van der Waals surface area contributed by atoms with E-state index in [4.69, 9.17) is 14.6 Å². The third kappa shape index (κ3) is 6.94. The lowest BCUT2D eigenvalue weighted by atomic mass is 10.1. The van der Waals surface area contributed by atoms with E-state index in [1.807, 2.05) is 43.5 Å². The van der Waals surface area contributed by atoms with E-state index in [2.05, 4.69) is 4.74 Å². The summed E-state index contributed by atoms with van der Waals surface area (Å²) in [6, 6.07) is 5.55. The SMILES string of the molecule is CC(C)COC=O.CCOC(=O)c1cn(CC)c2ccc(OCCO)cc12. The van der Waals surface area contributed by atoms with Gasteiger partial charge in [0.25, 0.3) is 6.47 Å². The number of ether oxygens (including phenoxy) is 3. The predicted octanol–water partition coefficient (Wildman–Crippen LogP) is 3.02. The lowest BCUT2D eigenvalue weighted by Crippen LogP contribution is -2.04. The molecule has 0 saturated carbocycles. The number of fused-ring (bicyclic) bond motifs is 1. The number of hydrogen-bond acceptors (Lipinski definition) is 6. The third-order valence-electron chi connectivity index (χ3n) is 3.55. The first-order chi connectivity index (χ1) is 13.0. The van der Waals surface area contributed by atoms with Gasteiger partial charge in [-0.25, -0.2) is 4.79 Å². The molecule has 0 atom stereocenters. The largest absolute Gasteiger partial charge is 0.491 e. The highest BCUT2D eigenvalue weighted by Gasteiger charge is 2.16. The van der Waals surface area contributed by atoms with Crippen molar-refractivity contribution in [2.45, 2.75) is 34.2 Å². The van der Waals surface area contributed by atoms with Crippen molar-refractivity contribution in [2.75, 3.05) is 26.4 Å². The Morgan fingerprint density at radius 3 is 2.56 bits per heavy atom. The van der Waals surface area contributed by atoms with Gasteiger partial charge in [0.15, 0.2) is 0 Å². The molecule has 0 saturated heterocycles. The number of aliphatic hydroxyl groups is 1. The van der Waals surface area contributed by atoms with Gasteiger partial charge in [-0.3, -0.25) is 4.79 Å². The number of aliphatic hydroxyl groups excluding tert-OH is 1. The molecule has 27 heavy (non-hydrogen) atoms. The molecule has 1 aromatic carbocycles. The number of benzene rings is 1. The second-order valence-corrected chi connectivity index (χ2v) is 6.12. The molecular weight excluding hydrogens is 350 g/mol. The van der Waals surface area contributed by atoms with Crippen LogP contribution in [-0.2, 0) is 20.8 Å². The van der Waals surface area contributed by atoms with E-state index in [1.54, 1.807) is 13.1 Å². The van der Waals surface area contributed by atoms with Crippen LogP contribution in [0.2, 0.25) is 0 Å². The van der Waals surface area contributed by atoms with Crippen molar-refractivity contribution in [2.24, 2.45) is 5.92 Å². The van der Waals surface area contributed by atoms with Crippen LogP contribution in [0.25, 0.3) is 10.9 Å². The zero-order valence-corrected chi connectivity index (χ0v) is 16.4.